The molecule has 0 radical (unpaired) electrons. The van der Waals surface area contributed by atoms with Crippen molar-refractivity contribution in [2.75, 3.05) is 6.54 Å². The molecule has 19 heavy (non-hydrogen) atoms. The third kappa shape index (κ3) is 2.68. The van der Waals surface area contributed by atoms with E-state index < -0.39 is 0 Å². The van der Waals surface area contributed by atoms with Crippen LogP contribution in [0.4, 0.5) is 0 Å². The molecule has 100 valence electrons. The van der Waals surface area contributed by atoms with E-state index in [1.54, 1.807) is 11.3 Å². The number of hydrogen-bond donors (Lipinski definition) is 2. The fourth-order valence-corrected chi connectivity index (χ4v) is 3.18. The van der Waals surface area contributed by atoms with Crippen LogP contribution in [0.3, 0.4) is 0 Å². The van der Waals surface area contributed by atoms with Crippen LogP contribution in [0.5, 0.6) is 0 Å². The van der Waals surface area contributed by atoms with E-state index in [0.29, 0.717) is 11.3 Å². The van der Waals surface area contributed by atoms with Gasteiger partial charge >= 0.3 is 0 Å². The van der Waals surface area contributed by atoms with Gasteiger partial charge in [-0.25, -0.2) is 4.98 Å². The molecule has 3 heterocycles. The highest BCUT2D eigenvalue weighted by Gasteiger charge is 2.20. The summed E-state index contributed by atoms with van der Waals surface area (Å²) in [6.07, 6.45) is 0.825. The molecular formula is C12H14N4OS2. The van der Waals surface area contributed by atoms with Crippen molar-refractivity contribution in [3.8, 4) is 0 Å². The van der Waals surface area contributed by atoms with Crippen molar-refractivity contribution in [2.45, 2.75) is 26.4 Å². The van der Waals surface area contributed by atoms with E-state index in [1.807, 2.05) is 6.92 Å². The Morgan fingerprint density at radius 1 is 1.53 bits per heavy atom. The Morgan fingerprint density at radius 3 is 3.11 bits per heavy atom. The fourth-order valence-electron chi connectivity index (χ4n) is 2.36. The molecule has 0 saturated carbocycles. The van der Waals surface area contributed by atoms with E-state index in [4.69, 9.17) is 12.2 Å². The van der Waals surface area contributed by atoms with Crippen LogP contribution in [0, 0.1) is 11.7 Å². The number of H-pyrrole nitrogens is 2. The molecule has 0 unspecified atom stereocenters. The molecule has 0 spiro atoms. The standard InChI is InChI=1S/C12H14N4OS2/c1-7-13-8(6-19-7)4-16-3-2-10-9(5-16)11(17)15-12(18)14-10/h6H,2-5H2,1H3,(H2,14,15,17,18). The summed E-state index contributed by atoms with van der Waals surface area (Å²) >= 11 is 6.65. The van der Waals surface area contributed by atoms with E-state index in [1.165, 1.54) is 0 Å². The zero-order chi connectivity index (χ0) is 13.4. The van der Waals surface area contributed by atoms with Gasteiger partial charge in [-0.2, -0.15) is 0 Å². The normalized spacial score (nSPS) is 15.4. The minimum Gasteiger partial charge on any atom is -0.335 e. The smallest absolute Gasteiger partial charge is 0.256 e. The molecule has 2 N–H and O–H groups in total. The maximum Gasteiger partial charge on any atom is 0.256 e. The Bertz CT molecular complexity index is 715. The monoisotopic (exact) mass is 294 g/mol. The lowest BCUT2D eigenvalue weighted by molar-refractivity contribution is 0.239. The third-order valence-corrected chi connectivity index (χ3v) is 4.27. The van der Waals surface area contributed by atoms with E-state index in [-0.39, 0.29) is 5.56 Å². The molecule has 1 aliphatic rings. The molecule has 2 aromatic heterocycles. The highest BCUT2D eigenvalue weighted by atomic mass is 32.1. The summed E-state index contributed by atoms with van der Waals surface area (Å²) in [6, 6.07) is 0. The fraction of sp³-hybridized carbons (Fsp3) is 0.417. The van der Waals surface area contributed by atoms with Gasteiger partial charge < -0.3 is 4.98 Å². The van der Waals surface area contributed by atoms with Gasteiger partial charge in [-0.05, 0) is 19.1 Å². The minimum absolute atomic E-state index is 0.0714. The van der Waals surface area contributed by atoms with Crippen LogP contribution in [0.25, 0.3) is 0 Å². The molecule has 1 aliphatic heterocycles. The molecule has 0 amide bonds. The Kier molecular flexibility index (Phi) is 3.34. The first-order chi connectivity index (χ1) is 9.11. The summed E-state index contributed by atoms with van der Waals surface area (Å²) in [6.45, 7) is 4.36. The predicted octanol–water partition coefficient (Wildman–Crippen LogP) is 1.76. The van der Waals surface area contributed by atoms with Crippen LogP contribution >= 0.6 is 23.6 Å². The summed E-state index contributed by atoms with van der Waals surface area (Å²) < 4.78 is 0.410. The number of thiazole rings is 1. The lowest BCUT2D eigenvalue weighted by atomic mass is 10.1. The van der Waals surface area contributed by atoms with Crippen molar-refractivity contribution < 1.29 is 0 Å². The van der Waals surface area contributed by atoms with E-state index in [9.17, 15) is 4.79 Å². The maximum absolute atomic E-state index is 11.9. The zero-order valence-corrected chi connectivity index (χ0v) is 12.2. The van der Waals surface area contributed by atoms with Gasteiger partial charge in [0.15, 0.2) is 4.77 Å². The van der Waals surface area contributed by atoms with Gasteiger partial charge in [0, 0.05) is 37.1 Å². The zero-order valence-electron chi connectivity index (χ0n) is 10.5. The number of aryl methyl sites for hydroxylation is 1. The molecule has 0 saturated heterocycles. The van der Waals surface area contributed by atoms with E-state index in [0.717, 1.165) is 41.5 Å². The van der Waals surface area contributed by atoms with E-state index in [2.05, 4.69) is 25.2 Å². The lowest BCUT2D eigenvalue weighted by Crippen LogP contribution is -2.35. The van der Waals surface area contributed by atoms with Crippen molar-refractivity contribution in [3.63, 3.8) is 0 Å². The Balaban J connectivity index is 1.82. The van der Waals surface area contributed by atoms with Gasteiger partial charge in [-0.1, -0.05) is 0 Å². The topological polar surface area (TPSA) is 64.8 Å². The number of nitrogens with zero attached hydrogens (tertiary/aromatic N) is 2. The summed E-state index contributed by atoms with van der Waals surface area (Å²) in [4.78, 5) is 24.3. The molecular weight excluding hydrogens is 280 g/mol. The second kappa shape index (κ2) is 4.99. The number of aromatic nitrogens is 3. The minimum atomic E-state index is -0.0714. The van der Waals surface area contributed by atoms with Crippen molar-refractivity contribution >= 4 is 23.6 Å². The molecule has 0 bridgehead atoms. The second-order valence-corrected chi connectivity index (χ2v) is 6.15. The average molecular weight is 294 g/mol. The molecule has 7 heteroatoms. The predicted molar refractivity (Wildman–Crippen MR) is 76.9 cm³/mol. The number of fused-ring (bicyclic) bond motifs is 1. The van der Waals surface area contributed by atoms with Gasteiger partial charge in [0.1, 0.15) is 0 Å². The first-order valence-corrected chi connectivity index (χ1v) is 7.38. The SMILES string of the molecule is Cc1nc(CN2CCc3[nH]c(=S)[nH]c(=O)c3C2)cs1. The Morgan fingerprint density at radius 2 is 2.37 bits per heavy atom. The van der Waals surface area contributed by atoms with Crippen LogP contribution in [0.15, 0.2) is 10.2 Å². The van der Waals surface area contributed by atoms with Crippen LogP contribution < -0.4 is 5.56 Å². The van der Waals surface area contributed by atoms with Gasteiger partial charge in [-0.15, -0.1) is 11.3 Å². The van der Waals surface area contributed by atoms with Crippen molar-refractivity contribution in [1.29, 1.82) is 0 Å². The molecule has 0 fully saturated rings. The first-order valence-electron chi connectivity index (χ1n) is 6.09. The Labute approximate surface area is 119 Å². The van der Waals surface area contributed by atoms with Gasteiger partial charge in [0.2, 0.25) is 0 Å². The summed E-state index contributed by atoms with van der Waals surface area (Å²) in [7, 11) is 0. The summed E-state index contributed by atoms with van der Waals surface area (Å²) in [5, 5.41) is 3.16. The summed E-state index contributed by atoms with van der Waals surface area (Å²) in [5.74, 6) is 0. The number of rotatable bonds is 2. The molecule has 0 aromatic carbocycles. The molecule has 5 nitrogen and oxygen atoms in total. The highest BCUT2D eigenvalue weighted by Crippen LogP contribution is 2.17. The van der Waals surface area contributed by atoms with Crippen LogP contribution in [-0.2, 0) is 19.5 Å². The van der Waals surface area contributed by atoms with E-state index >= 15 is 0 Å². The molecule has 0 aliphatic carbocycles. The first kappa shape index (κ1) is 12.7. The molecule has 0 atom stereocenters. The molecule has 2 aromatic rings. The van der Waals surface area contributed by atoms with Gasteiger partial charge in [0.05, 0.1) is 16.3 Å². The summed E-state index contributed by atoms with van der Waals surface area (Å²) in [5.41, 5.74) is 2.77. The van der Waals surface area contributed by atoms with Crippen LogP contribution in [-0.4, -0.2) is 26.4 Å². The quantitative estimate of drug-likeness (QED) is 0.828. The number of hydrogen-bond acceptors (Lipinski definition) is 5. The van der Waals surface area contributed by atoms with Crippen molar-refractivity contribution in [1.82, 2.24) is 19.9 Å². The second-order valence-electron chi connectivity index (χ2n) is 4.68. The highest BCUT2D eigenvalue weighted by molar-refractivity contribution is 7.71. The van der Waals surface area contributed by atoms with Crippen LogP contribution in [0.1, 0.15) is 22.0 Å². The molecule has 3 rings (SSSR count). The van der Waals surface area contributed by atoms with Crippen molar-refractivity contribution in [2.24, 2.45) is 0 Å². The van der Waals surface area contributed by atoms with Gasteiger partial charge in [0.25, 0.3) is 5.56 Å². The Hall–Kier alpha value is -1.31. The van der Waals surface area contributed by atoms with Crippen molar-refractivity contribution in [3.05, 3.63) is 42.5 Å². The number of nitrogens with one attached hydrogen (secondary N) is 2. The maximum atomic E-state index is 11.9. The van der Waals surface area contributed by atoms with Gasteiger partial charge in [-0.3, -0.25) is 14.7 Å². The number of aromatic amines is 2. The largest absolute Gasteiger partial charge is 0.335 e. The van der Waals surface area contributed by atoms with Crippen LogP contribution in [0.2, 0.25) is 0 Å². The third-order valence-electron chi connectivity index (χ3n) is 3.24. The lowest BCUT2D eigenvalue weighted by Gasteiger charge is -2.26. The average Bonchev–Trinajstić information content (AvgIpc) is 2.75.